The van der Waals surface area contributed by atoms with Crippen LogP contribution in [0.2, 0.25) is 0 Å². The number of hydrogen-bond acceptors (Lipinski definition) is 0. The van der Waals surface area contributed by atoms with Gasteiger partial charge in [0.2, 0.25) is 0 Å². The highest BCUT2D eigenvalue weighted by Gasteiger charge is 2.02. The molecule has 0 fully saturated rings. The van der Waals surface area contributed by atoms with Crippen LogP contribution < -0.4 is 0 Å². The van der Waals surface area contributed by atoms with Crippen LogP contribution in [0, 0.1) is 5.92 Å². The van der Waals surface area contributed by atoms with Gasteiger partial charge >= 0.3 is 0 Å². The van der Waals surface area contributed by atoms with Crippen molar-refractivity contribution in [2.24, 2.45) is 5.92 Å². The average Bonchev–Trinajstić information content (AvgIpc) is 2.30. The first-order chi connectivity index (χ1) is 8.20. The third kappa shape index (κ3) is 11.7. The molecule has 0 saturated carbocycles. The minimum atomic E-state index is 0.801. The summed E-state index contributed by atoms with van der Waals surface area (Å²) in [4.78, 5) is 0. The van der Waals surface area contributed by atoms with Gasteiger partial charge < -0.3 is 0 Å². The molecule has 0 aliphatic heterocycles. The van der Waals surface area contributed by atoms with Gasteiger partial charge in [0.05, 0.1) is 0 Å². The summed E-state index contributed by atoms with van der Waals surface area (Å²) >= 11 is 0. The molecule has 1 unspecified atom stereocenters. The lowest BCUT2D eigenvalue weighted by Crippen LogP contribution is -1.95. The van der Waals surface area contributed by atoms with E-state index in [0.29, 0.717) is 0 Å². The summed E-state index contributed by atoms with van der Waals surface area (Å²) in [6, 6.07) is 0. The summed E-state index contributed by atoms with van der Waals surface area (Å²) in [6.07, 6.45) is 16.4. The summed E-state index contributed by atoms with van der Waals surface area (Å²) in [6.45, 7) is 11.0. The first-order valence-corrected chi connectivity index (χ1v) is 7.55. The second kappa shape index (κ2) is 12.0. The Balaban J connectivity index is 3.54. The van der Waals surface area contributed by atoms with Gasteiger partial charge in [0.15, 0.2) is 0 Å². The number of unbranched alkanes of at least 4 members (excludes halogenated alkanes) is 5. The first-order valence-electron chi connectivity index (χ1n) is 7.55. The van der Waals surface area contributed by atoms with Gasteiger partial charge in [-0.2, -0.15) is 0 Å². The van der Waals surface area contributed by atoms with E-state index in [9.17, 15) is 0 Å². The van der Waals surface area contributed by atoms with Crippen molar-refractivity contribution in [1.29, 1.82) is 0 Å². The molecule has 0 aliphatic rings. The third-order valence-electron chi connectivity index (χ3n) is 3.24. The molecular formula is C17H32. The van der Waals surface area contributed by atoms with Crippen LogP contribution in [0.4, 0.5) is 0 Å². The molecule has 0 aromatic carbocycles. The SMILES string of the molecule is C=C(C=CCCCC)CC(C)CCCCCC. The second-order valence-corrected chi connectivity index (χ2v) is 5.36. The predicted molar refractivity (Wildman–Crippen MR) is 80.3 cm³/mol. The van der Waals surface area contributed by atoms with Gasteiger partial charge in [0, 0.05) is 0 Å². The van der Waals surface area contributed by atoms with Crippen LogP contribution in [0.5, 0.6) is 0 Å². The zero-order valence-corrected chi connectivity index (χ0v) is 12.3. The van der Waals surface area contributed by atoms with E-state index in [1.807, 2.05) is 0 Å². The van der Waals surface area contributed by atoms with Crippen LogP contribution in [0.1, 0.15) is 78.6 Å². The van der Waals surface area contributed by atoms with Crippen LogP contribution in [0.3, 0.4) is 0 Å². The van der Waals surface area contributed by atoms with Crippen molar-refractivity contribution in [3.63, 3.8) is 0 Å². The van der Waals surface area contributed by atoms with Gasteiger partial charge in [0.25, 0.3) is 0 Å². The maximum Gasteiger partial charge on any atom is -0.0259 e. The summed E-state index contributed by atoms with van der Waals surface area (Å²) in [7, 11) is 0. The standard InChI is InChI=1S/C17H32/c1-5-7-9-11-13-16(3)15-17(4)14-12-10-8-6-2/h11,13,17H,3,5-10,12,14-15H2,1-2,4H3. The fourth-order valence-corrected chi connectivity index (χ4v) is 2.11. The van der Waals surface area contributed by atoms with E-state index >= 15 is 0 Å². The van der Waals surface area contributed by atoms with Crippen molar-refractivity contribution in [3.8, 4) is 0 Å². The van der Waals surface area contributed by atoms with E-state index in [1.54, 1.807) is 0 Å². The van der Waals surface area contributed by atoms with Gasteiger partial charge in [-0.25, -0.2) is 0 Å². The van der Waals surface area contributed by atoms with E-state index < -0.39 is 0 Å². The molecule has 0 radical (unpaired) electrons. The smallest absolute Gasteiger partial charge is 0.0259 e. The van der Waals surface area contributed by atoms with Crippen LogP contribution in [-0.2, 0) is 0 Å². The van der Waals surface area contributed by atoms with E-state index in [-0.39, 0.29) is 0 Å². The molecule has 0 heterocycles. The molecule has 0 rings (SSSR count). The Morgan fingerprint density at radius 2 is 1.76 bits per heavy atom. The minimum Gasteiger partial charge on any atom is -0.0958 e. The molecule has 17 heavy (non-hydrogen) atoms. The molecule has 0 aromatic heterocycles. The van der Waals surface area contributed by atoms with Crippen LogP contribution in [0.15, 0.2) is 24.3 Å². The van der Waals surface area contributed by atoms with Crippen molar-refractivity contribution in [2.45, 2.75) is 78.6 Å². The molecule has 1 atom stereocenters. The van der Waals surface area contributed by atoms with Crippen molar-refractivity contribution in [3.05, 3.63) is 24.3 Å². The molecule has 0 heteroatoms. The van der Waals surface area contributed by atoms with E-state index in [4.69, 9.17) is 0 Å². The van der Waals surface area contributed by atoms with Crippen LogP contribution >= 0.6 is 0 Å². The normalized spacial score (nSPS) is 13.1. The van der Waals surface area contributed by atoms with Gasteiger partial charge in [-0.3, -0.25) is 0 Å². The molecule has 0 amide bonds. The summed E-state index contributed by atoms with van der Waals surface area (Å²) in [5.41, 5.74) is 1.31. The molecule has 0 N–H and O–H groups in total. The lowest BCUT2D eigenvalue weighted by Gasteiger charge is -2.11. The third-order valence-corrected chi connectivity index (χ3v) is 3.24. The maximum atomic E-state index is 4.15. The largest absolute Gasteiger partial charge is 0.0958 e. The summed E-state index contributed by atoms with van der Waals surface area (Å²) < 4.78 is 0. The molecule has 0 aromatic rings. The summed E-state index contributed by atoms with van der Waals surface area (Å²) in [5, 5.41) is 0. The fourth-order valence-electron chi connectivity index (χ4n) is 2.11. The predicted octanol–water partition coefficient (Wildman–Crippen LogP) is 6.29. The van der Waals surface area contributed by atoms with Crippen molar-refractivity contribution in [1.82, 2.24) is 0 Å². The first kappa shape index (κ1) is 16.5. The highest BCUT2D eigenvalue weighted by Crippen LogP contribution is 2.18. The van der Waals surface area contributed by atoms with Crippen LogP contribution in [-0.4, -0.2) is 0 Å². The highest BCUT2D eigenvalue weighted by atomic mass is 14.1. The maximum absolute atomic E-state index is 4.15. The van der Waals surface area contributed by atoms with Crippen molar-refractivity contribution >= 4 is 0 Å². The quantitative estimate of drug-likeness (QED) is 0.292. The van der Waals surface area contributed by atoms with E-state index in [2.05, 4.69) is 39.5 Å². The lowest BCUT2D eigenvalue weighted by molar-refractivity contribution is 0.489. The molecule has 0 saturated heterocycles. The topological polar surface area (TPSA) is 0 Å². The molecule has 0 bridgehead atoms. The summed E-state index contributed by atoms with van der Waals surface area (Å²) in [5.74, 6) is 0.801. The van der Waals surface area contributed by atoms with E-state index in [0.717, 1.165) is 5.92 Å². The zero-order chi connectivity index (χ0) is 12.9. The number of allylic oxidation sites excluding steroid dienone is 3. The minimum absolute atomic E-state index is 0.801. The Labute approximate surface area is 109 Å². The molecule has 0 nitrogen and oxygen atoms in total. The lowest BCUT2D eigenvalue weighted by atomic mass is 9.95. The average molecular weight is 236 g/mol. The monoisotopic (exact) mass is 236 g/mol. The molecule has 0 aliphatic carbocycles. The Morgan fingerprint density at radius 1 is 1.06 bits per heavy atom. The Bertz CT molecular complexity index is 200. The molecule has 100 valence electrons. The van der Waals surface area contributed by atoms with Crippen LogP contribution in [0.25, 0.3) is 0 Å². The van der Waals surface area contributed by atoms with E-state index in [1.165, 1.54) is 63.4 Å². The molecule has 0 spiro atoms. The Hall–Kier alpha value is -0.520. The zero-order valence-electron chi connectivity index (χ0n) is 12.3. The Morgan fingerprint density at radius 3 is 2.41 bits per heavy atom. The number of rotatable bonds is 11. The Kier molecular flexibility index (Phi) is 11.6. The molecular weight excluding hydrogens is 204 g/mol. The van der Waals surface area contributed by atoms with Gasteiger partial charge in [-0.15, -0.1) is 0 Å². The van der Waals surface area contributed by atoms with Crippen molar-refractivity contribution < 1.29 is 0 Å². The number of hydrogen-bond donors (Lipinski definition) is 0. The van der Waals surface area contributed by atoms with Gasteiger partial charge in [-0.05, 0) is 18.8 Å². The van der Waals surface area contributed by atoms with Gasteiger partial charge in [0.1, 0.15) is 0 Å². The van der Waals surface area contributed by atoms with Crippen molar-refractivity contribution in [2.75, 3.05) is 0 Å². The van der Waals surface area contributed by atoms with Gasteiger partial charge in [-0.1, -0.05) is 90.0 Å². The fraction of sp³-hybridized carbons (Fsp3) is 0.765. The second-order valence-electron chi connectivity index (χ2n) is 5.36. The highest BCUT2D eigenvalue weighted by molar-refractivity contribution is 5.14.